The maximum Gasteiger partial charge on any atom is 0.142 e. The third-order valence-corrected chi connectivity index (χ3v) is 5.75. The van der Waals surface area contributed by atoms with Crippen molar-refractivity contribution in [2.75, 3.05) is 0 Å². The molecule has 5 aromatic rings. The van der Waals surface area contributed by atoms with Crippen LogP contribution in [0.5, 0.6) is 0 Å². The Hall–Kier alpha value is -3.03. The van der Waals surface area contributed by atoms with Crippen LogP contribution in [0.2, 0.25) is 5.02 Å². The zero-order valence-corrected chi connectivity index (χ0v) is 16.8. The molecule has 1 aromatic heterocycles. The number of hydrogen-bond donors (Lipinski definition) is 0. The number of rotatable bonds is 5. The van der Waals surface area contributed by atoms with E-state index in [1.54, 1.807) is 0 Å². The molecule has 29 heavy (non-hydrogen) atoms. The Kier molecular flexibility index (Phi) is 4.83. The van der Waals surface area contributed by atoms with Gasteiger partial charge in [0.25, 0.3) is 0 Å². The van der Waals surface area contributed by atoms with Gasteiger partial charge in [0.1, 0.15) is 11.3 Å². The number of fused-ring (bicyclic) bond motifs is 3. The molecule has 0 N–H and O–H groups in total. The summed E-state index contributed by atoms with van der Waals surface area (Å²) in [6.45, 7) is 0. The van der Waals surface area contributed by atoms with E-state index in [4.69, 9.17) is 16.0 Å². The SMILES string of the molecule is Clc1ccc(-c2c(CCCc3ccccc3)oc3c2ccc2ccccc23)cc1. The van der Waals surface area contributed by atoms with Crippen molar-refractivity contribution in [2.45, 2.75) is 19.3 Å². The average molecular weight is 397 g/mol. The number of hydrogen-bond acceptors (Lipinski definition) is 1. The van der Waals surface area contributed by atoms with Crippen LogP contribution >= 0.6 is 11.6 Å². The number of furan rings is 1. The van der Waals surface area contributed by atoms with Crippen LogP contribution in [0.15, 0.2) is 95.4 Å². The van der Waals surface area contributed by atoms with E-state index in [0.29, 0.717) is 0 Å². The summed E-state index contributed by atoms with van der Waals surface area (Å²) >= 11 is 6.14. The Labute approximate surface area is 175 Å². The van der Waals surface area contributed by atoms with Crippen molar-refractivity contribution >= 4 is 33.3 Å². The van der Waals surface area contributed by atoms with Gasteiger partial charge in [-0.25, -0.2) is 0 Å². The minimum absolute atomic E-state index is 0.748. The van der Waals surface area contributed by atoms with E-state index in [0.717, 1.165) is 46.6 Å². The van der Waals surface area contributed by atoms with Crippen LogP contribution < -0.4 is 0 Å². The summed E-state index contributed by atoms with van der Waals surface area (Å²) < 4.78 is 6.50. The topological polar surface area (TPSA) is 13.1 Å². The van der Waals surface area contributed by atoms with Gasteiger partial charge >= 0.3 is 0 Å². The Morgan fingerprint density at radius 1 is 0.655 bits per heavy atom. The number of benzene rings is 4. The van der Waals surface area contributed by atoms with E-state index in [2.05, 4.69) is 78.9 Å². The number of halogens is 1. The second-order valence-corrected chi connectivity index (χ2v) is 7.85. The van der Waals surface area contributed by atoms with Gasteiger partial charge in [-0.3, -0.25) is 0 Å². The zero-order chi connectivity index (χ0) is 19.6. The predicted molar refractivity (Wildman–Crippen MR) is 123 cm³/mol. The Balaban J connectivity index is 1.59. The van der Waals surface area contributed by atoms with Gasteiger partial charge in [-0.2, -0.15) is 0 Å². The Bertz CT molecular complexity index is 1270. The van der Waals surface area contributed by atoms with E-state index < -0.39 is 0 Å². The second-order valence-electron chi connectivity index (χ2n) is 7.41. The third-order valence-electron chi connectivity index (χ3n) is 5.50. The van der Waals surface area contributed by atoms with Crippen molar-refractivity contribution in [1.29, 1.82) is 0 Å². The summed E-state index contributed by atoms with van der Waals surface area (Å²) in [5, 5.41) is 4.28. The van der Waals surface area contributed by atoms with E-state index in [1.807, 2.05) is 12.1 Å². The molecule has 0 aliphatic carbocycles. The van der Waals surface area contributed by atoms with Crippen LogP contribution in [0.3, 0.4) is 0 Å². The second kappa shape index (κ2) is 7.77. The molecule has 0 unspecified atom stereocenters. The molecule has 0 atom stereocenters. The maximum atomic E-state index is 6.50. The fourth-order valence-electron chi connectivity index (χ4n) is 4.08. The molecule has 5 rings (SSSR count). The van der Waals surface area contributed by atoms with Gasteiger partial charge in [-0.1, -0.05) is 84.4 Å². The molecule has 142 valence electrons. The lowest BCUT2D eigenvalue weighted by Gasteiger charge is -2.05. The van der Waals surface area contributed by atoms with Gasteiger partial charge in [0.15, 0.2) is 0 Å². The van der Waals surface area contributed by atoms with Crippen LogP contribution in [-0.4, -0.2) is 0 Å². The lowest BCUT2D eigenvalue weighted by atomic mass is 9.97. The molecule has 0 radical (unpaired) electrons. The first kappa shape index (κ1) is 18.0. The van der Waals surface area contributed by atoms with E-state index in [1.165, 1.54) is 21.9 Å². The quantitative estimate of drug-likeness (QED) is 0.292. The van der Waals surface area contributed by atoms with Gasteiger partial charge in [0.2, 0.25) is 0 Å². The highest BCUT2D eigenvalue weighted by Gasteiger charge is 2.17. The van der Waals surface area contributed by atoms with Crippen LogP contribution in [0.25, 0.3) is 32.9 Å². The molecule has 1 heterocycles. The van der Waals surface area contributed by atoms with Crippen molar-refractivity contribution < 1.29 is 4.42 Å². The first-order valence-corrected chi connectivity index (χ1v) is 10.4. The standard InChI is InChI=1S/C27H21ClO/c28-22-16-13-21(14-17-22)26-24-18-15-20-10-4-5-11-23(20)27(24)29-25(26)12-6-9-19-7-2-1-3-8-19/h1-5,7-8,10-11,13-18H,6,9,12H2. The molecular weight excluding hydrogens is 376 g/mol. The molecule has 4 aromatic carbocycles. The predicted octanol–water partition coefficient (Wildman–Crippen LogP) is 8.08. The molecule has 1 nitrogen and oxygen atoms in total. The molecule has 2 heteroatoms. The molecule has 0 fully saturated rings. The molecule has 0 amide bonds. The molecule has 0 aliphatic rings. The fourth-order valence-corrected chi connectivity index (χ4v) is 4.21. The Morgan fingerprint density at radius 2 is 1.41 bits per heavy atom. The van der Waals surface area contributed by atoms with E-state index in [9.17, 15) is 0 Å². The van der Waals surface area contributed by atoms with Crippen molar-refractivity contribution in [1.82, 2.24) is 0 Å². The van der Waals surface area contributed by atoms with Gasteiger partial charge in [-0.15, -0.1) is 0 Å². The monoisotopic (exact) mass is 396 g/mol. The molecular formula is C27H21ClO. The fraction of sp³-hybridized carbons (Fsp3) is 0.111. The summed E-state index contributed by atoms with van der Waals surface area (Å²) in [4.78, 5) is 0. The van der Waals surface area contributed by atoms with Gasteiger partial charge in [-0.05, 0) is 47.6 Å². The lowest BCUT2D eigenvalue weighted by molar-refractivity contribution is 0.542. The van der Waals surface area contributed by atoms with E-state index >= 15 is 0 Å². The molecule has 0 aliphatic heterocycles. The number of aryl methyl sites for hydroxylation is 2. The molecule has 0 spiro atoms. The lowest BCUT2D eigenvalue weighted by Crippen LogP contribution is -1.90. The summed E-state index contributed by atoms with van der Waals surface area (Å²) in [5.74, 6) is 1.05. The minimum Gasteiger partial charge on any atom is -0.460 e. The summed E-state index contributed by atoms with van der Waals surface area (Å²) in [5.41, 5.74) is 4.68. The third kappa shape index (κ3) is 3.54. The summed E-state index contributed by atoms with van der Waals surface area (Å²) in [6.07, 6.45) is 2.98. The minimum atomic E-state index is 0.748. The molecule has 0 saturated heterocycles. The average Bonchev–Trinajstić information content (AvgIpc) is 3.14. The van der Waals surface area contributed by atoms with Crippen LogP contribution in [0.4, 0.5) is 0 Å². The van der Waals surface area contributed by atoms with Gasteiger partial charge in [0, 0.05) is 27.8 Å². The van der Waals surface area contributed by atoms with Crippen LogP contribution in [0.1, 0.15) is 17.7 Å². The largest absolute Gasteiger partial charge is 0.460 e. The van der Waals surface area contributed by atoms with Crippen molar-refractivity contribution in [3.8, 4) is 11.1 Å². The maximum absolute atomic E-state index is 6.50. The highest BCUT2D eigenvalue weighted by atomic mass is 35.5. The van der Waals surface area contributed by atoms with E-state index in [-0.39, 0.29) is 0 Å². The first-order chi connectivity index (χ1) is 14.3. The summed E-state index contributed by atoms with van der Waals surface area (Å²) in [7, 11) is 0. The molecule has 0 bridgehead atoms. The van der Waals surface area contributed by atoms with Crippen LogP contribution in [-0.2, 0) is 12.8 Å². The van der Waals surface area contributed by atoms with Crippen molar-refractivity contribution in [3.63, 3.8) is 0 Å². The van der Waals surface area contributed by atoms with Crippen molar-refractivity contribution in [2.24, 2.45) is 0 Å². The highest BCUT2D eigenvalue weighted by molar-refractivity contribution is 6.30. The van der Waals surface area contributed by atoms with Crippen molar-refractivity contribution in [3.05, 3.63) is 107 Å². The highest BCUT2D eigenvalue weighted by Crippen LogP contribution is 2.39. The normalized spacial score (nSPS) is 11.3. The molecule has 0 saturated carbocycles. The first-order valence-electron chi connectivity index (χ1n) is 10.0. The van der Waals surface area contributed by atoms with Gasteiger partial charge in [0.05, 0.1) is 0 Å². The van der Waals surface area contributed by atoms with Gasteiger partial charge < -0.3 is 4.42 Å². The Morgan fingerprint density at radius 3 is 2.24 bits per heavy atom. The summed E-state index contributed by atoms with van der Waals surface area (Å²) in [6, 6.07) is 31.5. The smallest absolute Gasteiger partial charge is 0.142 e. The van der Waals surface area contributed by atoms with Crippen LogP contribution in [0, 0.1) is 0 Å². The zero-order valence-electron chi connectivity index (χ0n) is 16.1.